The molecule has 150 valence electrons. The van der Waals surface area contributed by atoms with Crippen LogP contribution in [0.3, 0.4) is 0 Å². The van der Waals surface area contributed by atoms with Crippen molar-refractivity contribution in [2.75, 3.05) is 32.7 Å². The predicted octanol–water partition coefficient (Wildman–Crippen LogP) is 4.39. The Morgan fingerprint density at radius 1 is 1.14 bits per heavy atom. The van der Waals surface area contributed by atoms with Gasteiger partial charge in [0.05, 0.1) is 0 Å². The number of aliphatic carboxylic acids is 1. The highest BCUT2D eigenvalue weighted by Crippen LogP contribution is 2.31. The number of carbonyl (C=O) groups is 1. The van der Waals surface area contributed by atoms with E-state index in [0.29, 0.717) is 0 Å². The van der Waals surface area contributed by atoms with Gasteiger partial charge in [0.25, 0.3) is 0 Å². The molecule has 1 aromatic heterocycles. The standard InChI is InChI=1S/C23H24BrN3O2/c24-18-8-9-21-19(15-18)20(16-25-21)22(23(28)29)27-13-11-26(12-14-27)10-4-7-17-5-2-1-3-6-17/h1-9,15-16,22,25H,10-14H2,(H,28,29)/b7-4+/t22-/m1/s1. The van der Waals surface area contributed by atoms with Gasteiger partial charge in [-0.05, 0) is 23.8 Å². The summed E-state index contributed by atoms with van der Waals surface area (Å²) in [5, 5.41) is 10.9. The van der Waals surface area contributed by atoms with E-state index in [1.165, 1.54) is 5.56 Å². The monoisotopic (exact) mass is 453 g/mol. The molecular weight excluding hydrogens is 430 g/mol. The number of aromatic amines is 1. The van der Waals surface area contributed by atoms with Gasteiger partial charge in [0.1, 0.15) is 6.04 Å². The number of nitrogens with zero attached hydrogens (tertiary/aromatic N) is 2. The molecule has 2 aromatic carbocycles. The summed E-state index contributed by atoms with van der Waals surface area (Å²) < 4.78 is 0.949. The van der Waals surface area contributed by atoms with Crippen LogP contribution in [0.2, 0.25) is 0 Å². The molecule has 0 bridgehead atoms. The van der Waals surface area contributed by atoms with Gasteiger partial charge < -0.3 is 10.1 Å². The second-order valence-corrected chi connectivity index (χ2v) is 8.24. The van der Waals surface area contributed by atoms with Gasteiger partial charge in [0.15, 0.2) is 0 Å². The van der Waals surface area contributed by atoms with Crippen LogP contribution in [0.5, 0.6) is 0 Å². The molecule has 0 amide bonds. The van der Waals surface area contributed by atoms with Crippen LogP contribution in [0.1, 0.15) is 17.2 Å². The fraction of sp³-hybridized carbons (Fsp3) is 0.261. The number of nitrogens with one attached hydrogen (secondary N) is 1. The number of fused-ring (bicyclic) bond motifs is 1. The Balaban J connectivity index is 1.42. The third-order valence-electron chi connectivity index (χ3n) is 5.45. The first-order valence-electron chi connectivity index (χ1n) is 9.79. The number of aromatic nitrogens is 1. The Bertz CT molecular complexity index is 1010. The molecular formula is C23H24BrN3O2. The number of rotatable bonds is 6. The maximum atomic E-state index is 12.1. The summed E-state index contributed by atoms with van der Waals surface area (Å²) in [6, 6.07) is 15.5. The van der Waals surface area contributed by atoms with Crippen molar-refractivity contribution in [3.63, 3.8) is 0 Å². The summed E-state index contributed by atoms with van der Waals surface area (Å²) in [7, 11) is 0. The molecule has 5 nitrogen and oxygen atoms in total. The molecule has 2 N–H and O–H groups in total. The zero-order valence-corrected chi connectivity index (χ0v) is 17.7. The fourth-order valence-corrected chi connectivity index (χ4v) is 4.29. The van der Waals surface area contributed by atoms with E-state index in [2.05, 4.69) is 55.0 Å². The van der Waals surface area contributed by atoms with E-state index in [-0.39, 0.29) is 0 Å². The first-order valence-corrected chi connectivity index (χ1v) is 10.6. The number of carboxylic acids is 1. The molecule has 1 fully saturated rings. The smallest absolute Gasteiger partial charge is 0.325 e. The maximum absolute atomic E-state index is 12.1. The molecule has 29 heavy (non-hydrogen) atoms. The van der Waals surface area contributed by atoms with Crippen LogP contribution in [-0.2, 0) is 4.79 Å². The van der Waals surface area contributed by atoms with Crippen molar-refractivity contribution in [2.45, 2.75) is 6.04 Å². The highest BCUT2D eigenvalue weighted by Gasteiger charge is 2.31. The van der Waals surface area contributed by atoms with E-state index < -0.39 is 12.0 Å². The van der Waals surface area contributed by atoms with Crippen LogP contribution >= 0.6 is 15.9 Å². The lowest BCUT2D eigenvalue weighted by atomic mass is 10.0. The van der Waals surface area contributed by atoms with Crippen LogP contribution in [0, 0.1) is 0 Å². The molecule has 1 aliphatic rings. The molecule has 0 radical (unpaired) electrons. The van der Waals surface area contributed by atoms with Gasteiger partial charge >= 0.3 is 5.97 Å². The van der Waals surface area contributed by atoms with Crippen molar-refractivity contribution in [1.29, 1.82) is 0 Å². The lowest BCUT2D eigenvalue weighted by Gasteiger charge is -2.37. The van der Waals surface area contributed by atoms with Gasteiger partial charge in [-0.2, -0.15) is 0 Å². The van der Waals surface area contributed by atoms with Gasteiger partial charge in [0.2, 0.25) is 0 Å². The van der Waals surface area contributed by atoms with E-state index >= 15 is 0 Å². The number of piperazine rings is 1. The molecule has 4 rings (SSSR count). The predicted molar refractivity (Wildman–Crippen MR) is 120 cm³/mol. The quantitative estimate of drug-likeness (QED) is 0.580. The minimum atomic E-state index is -0.803. The maximum Gasteiger partial charge on any atom is 0.325 e. The largest absolute Gasteiger partial charge is 0.480 e. The van der Waals surface area contributed by atoms with Crippen molar-refractivity contribution in [2.24, 2.45) is 0 Å². The lowest BCUT2D eigenvalue weighted by Crippen LogP contribution is -2.49. The molecule has 3 aromatic rings. The zero-order chi connectivity index (χ0) is 20.2. The molecule has 0 aliphatic carbocycles. The zero-order valence-electron chi connectivity index (χ0n) is 16.1. The minimum Gasteiger partial charge on any atom is -0.480 e. The van der Waals surface area contributed by atoms with E-state index in [4.69, 9.17) is 0 Å². The lowest BCUT2D eigenvalue weighted by molar-refractivity contribution is -0.144. The van der Waals surface area contributed by atoms with Crippen LogP contribution in [0.25, 0.3) is 17.0 Å². The Morgan fingerprint density at radius 3 is 2.62 bits per heavy atom. The normalized spacial score (nSPS) is 17.1. The highest BCUT2D eigenvalue weighted by atomic mass is 79.9. The SMILES string of the molecule is O=C(O)[C@@H](c1c[nH]c2ccc(Br)cc12)N1CCN(C/C=C/c2ccccc2)CC1. The van der Waals surface area contributed by atoms with Gasteiger partial charge in [-0.1, -0.05) is 58.4 Å². The first kappa shape index (κ1) is 19.9. The molecule has 0 spiro atoms. The van der Waals surface area contributed by atoms with Crippen LogP contribution in [0.15, 0.2) is 65.3 Å². The first-order chi connectivity index (χ1) is 14.1. The summed E-state index contributed by atoms with van der Waals surface area (Å²) in [6.45, 7) is 4.05. The van der Waals surface area contributed by atoms with Gasteiger partial charge in [-0.3, -0.25) is 14.6 Å². The molecule has 1 aliphatic heterocycles. The van der Waals surface area contributed by atoms with Crippen LogP contribution in [-0.4, -0.2) is 58.6 Å². The van der Waals surface area contributed by atoms with Crippen molar-refractivity contribution in [3.8, 4) is 0 Å². The number of H-pyrrole nitrogens is 1. The average molecular weight is 454 g/mol. The number of carboxylic acid groups (broad SMARTS) is 1. The molecule has 0 saturated carbocycles. The van der Waals surface area contributed by atoms with Crippen LogP contribution < -0.4 is 0 Å². The van der Waals surface area contributed by atoms with E-state index in [0.717, 1.165) is 53.7 Å². The van der Waals surface area contributed by atoms with Gasteiger partial charge in [0, 0.05) is 59.9 Å². The second-order valence-electron chi connectivity index (χ2n) is 7.32. The summed E-state index contributed by atoms with van der Waals surface area (Å²) in [5.74, 6) is -0.803. The highest BCUT2D eigenvalue weighted by molar-refractivity contribution is 9.10. The number of hydrogen-bond acceptors (Lipinski definition) is 3. The molecule has 1 atom stereocenters. The topological polar surface area (TPSA) is 59.6 Å². The number of halogens is 1. The Hall–Kier alpha value is -2.41. The van der Waals surface area contributed by atoms with Gasteiger partial charge in [-0.25, -0.2) is 0 Å². The molecule has 2 heterocycles. The third kappa shape index (κ3) is 4.61. The minimum absolute atomic E-state index is 0.639. The summed E-state index contributed by atoms with van der Waals surface area (Å²) in [6.07, 6.45) is 6.15. The number of benzene rings is 2. The molecule has 6 heteroatoms. The van der Waals surface area contributed by atoms with Crippen molar-refractivity contribution < 1.29 is 9.90 Å². The summed E-state index contributed by atoms with van der Waals surface area (Å²) >= 11 is 3.49. The summed E-state index contributed by atoms with van der Waals surface area (Å²) in [5.41, 5.74) is 2.98. The Morgan fingerprint density at radius 2 is 1.90 bits per heavy atom. The van der Waals surface area contributed by atoms with Crippen molar-refractivity contribution in [3.05, 3.63) is 76.4 Å². The molecule has 0 unspecified atom stereocenters. The fourth-order valence-electron chi connectivity index (χ4n) is 3.93. The number of hydrogen-bond donors (Lipinski definition) is 2. The van der Waals surface area contributed by atoms with Crippen molar-refractivity contribution in [1.82, 2.24) is 14.8 Å². The average Bonchev–Trinajstić information content (AvgIpc) is 3.13. The van der Waals surface area contributed by atoms with E-state index in [1.54, 1.807) is 0 Å². The Kier molecular flexibility index (Phi) is 6.13. The van der Waals surface area contributed by atoms with E-state index in [9.17, 15) is 9.90 Å². The van der Waals surface area contributed by atoms with Crippen molar-refractivity contribution >= 4 is 38.9 Å². The molecule has 1 saturated heterocycles. The third-order valence-corrected chi connectivity index (χ3v) is 5.94. The Labute approximate surface area is 178 Å². The van der Waals surface area contributed by atoms with Crippen LogP contribution in [0.4, 0.5) is 0 Å². The van der Waals surface area contributed by atoms with Gasteiger partial charge in [-0.15, -0.1) is 0 Å². The summed E-state index contributed by atoms with van der Waals surface area (Å²) in [4.78, 5) is 19.8. The van der Waals surface area contributed by atoms with E-state index in [1.807, 2.05) is 42.6 Å². The second kappa shape index (κ2) is 8.95.